The van der Waals surface area contributed by atoms with E-state index in [1.54, 1.807) is 7.11 Å². The van der Waals surface area contributed by atoms with Crippen molar-refractivity contribution in [3.8, 4) is 0 Å². The predicted molar refractivity (Wildman–Crippen MR) is 74.6 cm³/mol. The van der Waals surface area contributed by atoms with Crippen LogP contribution in [0.5, 0.6) is 0 Å². The number of nitrogens with zero attached hydrogens (tertiary/aromatic N) is 1. The van der Waals surface area contributed by atoms with E-state index >= 15 is 0 Å². The predicted octanol–water partition coefficient (Wildman–Crippen LogP) is 2.95. The van der Waals surface area contributed by atoms with Crippen LogP contribution in [0.4, 0.5) is 0 Å². The molecule has 1 saturated heterocycles. The first-order valence-electron chi connectivity index (χ1n) is 6.25. The van der Waals surface area contributed by atoms with Crippen molar-refractivity contribution < 1.29 is 9.53 Å². The highest BCUT2D eigenvalue weighted by Gasteiger charge is 2.25. The summed E-state index contributed by atoms with van der Waals surface area (Å²) in [6.45, 7) is 2.38. The normalized spacial score (nSPS) is 19.9. The first-order chi connectivity index (χ1) is 8.72. The largest absolute Gasteiger partial charge is 0.384 e. The van der Waals surface area contributed by atoms with Gasteiger partial charge in [-0.1, -0.05) is 12.1 Å². The standard InChI is InChI=1S/C14H18BrNO2/c1-18-10-11-5-4-8-16(9-11)14(17)12-6-2-3-7-13(12)15/h2-3,6-7,11H,4-5,8-10H2,1H3. The molecule has 1 heterocycles. The van der Waals surface area contributed by atoms with Crippen molar-refractivity contribution >= 4 is 21.8 Å². The molecule has 1 aromatic rings. The van der Waals surface area contributed by atoms with E-state index in [-0.39, 0.29) is 5.91 Å². The minimum absolute atomic E-state index is 0.114. The summed E-state index contributed by atoms with van der Waals surface area (Å²) in [6.07, 6.45) is 2.21. The van der Waals surface area contributed by atoms with Crippen LogP contribution in [0, 0.1) is 5.92 Å². The van der Waals surface area contributed by atoms with E-state index in [0.717, 1.165) is 42.6 Å². The minimum Gasteiger partial charge on any atom is -0.384 e. The number of carbonyl (C=O) groups is 1. The number of halogens is 1. The van der Waals surface area contributed by atoms with Crippen molar-refractivity contribution in [3.05, 3.63) is 34.3 Å². The molecule has 3 nitrogen and oxygen atoms in total. The average Bonchev–Trinajstić information content (AvgIpc) is 2.39. The second-order valence-electron chi connectivity index (χ2n) is 4.69. The van der Waals surface area contributed by atoms with Crippen molar-refractivity contribution in [1.82, 2.24) is 4.90 Å². The van der Waals surface area contributed by atoms with Crippen molar-refractivity contribution in [2.45, 2.75) is 12.8 Å². The maximum absolute atomic E-state index is 12.4. The van der Waals surface area contributed by atoms with Crippen LogP contribution in [-0.2, 0) is 4.74 Å². The van der Waals surface area contributed by atoms with E-state index in [0.29, 0.717) is 5.92 Å². The third kappa shape index (κ3) is 3.12. The molecular weight excluding hydrogens is 294 g/mol. The molecule has 1 aromatic carbocycles. The lowest BCUT2D eigenvalue weighted by molar-refractivity contribution is 0.0570. The van der Waals surface area contributed by atoms with Crippen molar-refractivity contribution in [2.75, 3.05) is 26.8 Å². The van der Waals surface area contributed by atoms with Crippen LogP contribution in [0.3, 0.4) is 0 Å². The summed E-state index contributed by atoms with van der Waals surface area (Å²) in [5.41, 5.74) is 0.746. The molecule has 1 atom stereocenters. The van der Waals surface area contributed by atoms with Crippen molar-refractivity contribution in [1.29, 1.82) is 0 Å². The molecule has 0 bridgehead atoms. The van der Waals surface area contributed by atoms with E-state index in [1.807, 2.05) is 29.2 Å². The molecule has 0 aliphatic carbocycles. The second kappa shape index (κ2) is 6.34. The minimum atomic E-state index is 0.114. The molecule has 18 heavy (non-hydrogen) atoms. The van der Waals surface area contributed by atoms with Gasteiger partial charge in [0.05, 0.1) is 12.2 Å². The lowest BCUT2D eigenvalue weighted by Crippen LogP contribution is -2.41. The molecule has 1 fully saturated rings. The number of hydrogen-bond donors (Lipinski definition) is 0. The highest BCUT2D eigenvalue weighted by Crippen LogP contribution is 2.22. The van der Waals surface area contributed by atoms with Gasteiger partial charge in [0.1, 0.15) is 0 Å². The number of hydrogen-bond acceptors (Lipinski definition) is 2. The molecule has 98 valence electrons. The smallest absolute Gasteiger partial charge is 0.255 e. The number of methoxy groups -OCH3 is 1. The zero-order valence-electron chi connectivity index (χ0n) is 10.6. The number of likely N-dealkylation sites (tertiary alicyclic amines) is 1. The summed E-state index contributed by atoms with van der Waals surface area (Å²) in [5.74, 6) is 0.582. The fraction of sp³-hybridized carbons (Fsp3) is 0.500. The summed E-state index contributed by atoms with van der Waals surface area (Å²) in [5, 5.41) is 0. The van der Waals surface area contributed by atoms with Gasteiger partial charge < -0.3 is 9.64 Å². The third-order valence-corrected chi connectivity index (χ3v) is 4.00. The quantitative estimate of drug-likeness (QED) is 0.859. The molecule has 1 unspecified atom stereocenters. The van der Waals surface area contributed by atoms with Crippen LogP contribution in [0.15, 0.2) is 28.7 Å². The molecule has 0 aromatic heterocycles. The van der Waals surface area contributed by atoms with Gasteiger partial charge in [-0.3, -0.25) is 4.79 Å². The SMILES string of the molecule is COCC1CCCN(C(=O)c2ccccc2Br)C1. The molecule has 0 saturated carbocycles. The number of piperidine rings is 1. The van der Waals surface area contributed by atoms with Gasteiger partial charge in [0.25, 0.3) is 5.91 Å². The summed E-state index contributed by atoms with van der Waals surface area (Å²) in [7, 11) is 1.72. The van der Waals surface area contributed by atoms with E-state index in [2.05, 4.69) is 15.9 Å². The Morgan fingerprint density at radius 3 is 3.00 bits per heavy atom. The summed E-state index contributed by atoms with van der Waals surface area (Å²) >= 11 is 3.44. The van der Waals surface area contributed by atoms with Gasteiger partial charge >= 0.3 is 0 Å². The van der Waals surface area contributed by atoms with E-state index in [9.17, 15) is 4.79 Å². The van der Waals surface area contributed by atoms with Gasteiger partial charge in [-0.15, -0.1) is 0 Å². The number of ether oxygens (including phenoxy) is 1. The highest BCUT2D eigenvalue weighted by molar-refractivity contribution is 9.10. The Hall–Kier alpha value is -0.870. The highest BCUT2D eigenvalue weighted by atomic mass is 79.9. The Morgan fingerprint density at radius 2 is 2.28 bits per heavy atom. The number of rotatable bonds is 3. The van der Waals surface area contributed by atoms with Gasteiger partial charge in [0, 0.05) is 24.7 Å². The van der Waals surface area contributed by atoms with Crippen LogP contribution in [0.25, 0.3) is 0 Å². The van der Waals surface area contributed by atoms with E-state index < -0.39 is 0 Å². The number of benzene rings is 1. The molecule has 1 amide bonds. The molecule has 0 N–H and O–H groups in total. The van der Waals surface area contributed by atoms with E-state index in [1.165, 1.54) is 0 Å². The molecule has 1 aliphatic rings. The monoisotopic (exact) mass is 311 g/mol. The lowest BCUT2D eigenvalue weighted by atomic mass is 9.98. The summed E-state index contributed by atoms with van der Waals surface area (Å²) in [6, 6.07) is 7.59. The van der Waals surface area contributed by atoms with Gasteiger partial charge in [-0.2, -0.15) is 0 Å². The van der Waals surface area contributed by atoms with E-state index in [4.69, 9.17) is 4.74 Å². The van der Waals surface area contributed by atoms with Crippen molar-refractivity contribution in [2.24, 2.45) is 5.92 Å². The summed E-state index contributed by atoms with van der Waals surface area (Å²) in [4.78, 5) is 14.4. The number of carbonyl (C=O) groups excluding carboxylic acids is 1. The molecular formula is C14H18BrNO2. The zero-order chi connectivity index (χ0) is 13.0. The summed E-state index contributed by atoms with van der Waals surface area (Å²) < 4.78 is 6.06. The fourth-order valence-corrected chi connectivity index (χ4v) is 2.88. The number of amides is 1. The maximum atomic E-state index is 12.4. The molecule has 1 aliphatic heterocycles. The topological polar surface area (TPSA) is 29.5 Å². The van der Waals surface area contributed by atoms with Crippen LogP contribution in [-0.4, -0.2) is 37.6 Å². The van der Waals surface area contributed by atoms with Crippen LogP contribution >= 0.6 is 15.9 Å². The van der Waals surface area contributed by atoms with Gasteiger partial charge in [-0.05, 0) is 46.8 Å². The van der Waals surface area contributed by atoms with Gasteiger partial charge in [0.2, 0.25) is 0 Å². The lowest BCUT2D eigenvalue weighted by Gasteiger charge is -2.32. The zero-order valence-corrected chi connectivity index (χ0v) is 12.1. The Morgan fingerprint density at radius 1 is 1.50 bits per heavy atom. The molecule has 2 rings (SSSR count). The fourth-order valence-electron chi connectivity index (χ4n) is 2.43. The Labute approximate surface area is 116 Å². The first-order valence-corrected chi connectivity index (χ1v) is 7.04. The maximum Gasteiger partial charge on any atom is 0.255 e. The Bertz CT molecular complexity index is 420. The molecule has 0 radical (unpaired) electrons. The van der Waals surface area contributed by atoms with Crippen LogP contribution < -0.4 is 0 Å². The molecule has 0 spiro atoms. The molecule has 4 heteroatoms. The Kier molecular flexibility index (Phi) is 4.78. The average molecular weight is 312 g/mol. The Balaban J connectivity index is 2.07. The second-order valence-corrected chi connectivity index (χ2v) is 5.55. The first kappa shape index (κ1) is 13.6. The van der Waals surface area contributed by atoms with Crippen LogP contribution in [0.1, 0.15) is 23.2 Å². The van der Waals surface area contributed by atoms with Gasteiger partial charge in [-0.25, -0.2) is 0 Å². The van der Waals surface area contributed by atoms with Crippen LogP contribution in [0.2, 0.25) is 0 Å². The van der Waals surface area contributed by atoms with Gasteiger partial charge in [0.15, 0.2) is 0 Å². The van der Waals surface area contributed by atoms with Crippen molar-refractivity contribution in [3.63, 3.8) is 0 Å². The third-order valence-electron chi connectivity index (χ3n) is 3.31.